The maximum atomic E-state index is 13.5. The molecule has 0 radical (unpaired) electrons. The topological polar surface area (TPSA) is 97.4 Å². The molecule has 1 aliphatic rings. The third kappa shape index (κ3) is 3.86. The number of carbonyl (C=O) groups is 1. The number of hydrogen-bond donors (Lipinski definition) is 2. The highest BCUT2D eigenvalue weighted by Crippen LogP contribution is 2.35. The Morgan fingerprint density at radius 1 is 1.24 bits per heavy atom. The van der Waals surface area contributed by atoms with Crippen LogP contribution in [0.1, 0.15) is 49.2 Å². The van der Waals surface area contributed by atoms with Crippen molar-refractivity contribution < 1.29 is 18.8 Å². The van der Waals surface area contributed by atoms with E-state index in [9.17, 15) is 19.1 Å². The molecule has 2 heterocycles. The van der Waals surface area contributed by atoms with Crippen molar-refractivity contribution in [1.82, 2.24) is 15.0 Å². The second-order valence-electron chi connectivity index (χ2n) is 8.75. The molecule has 5 rings (SSSR count). The first kappa shape index (κ1) is 22.6. The lowest BCUT2D eigenvalue weighted by Gasteiger charge is -2.32. The fourth-order valence-corrected chi connectivity index (χ4v) is 5.20. The van der Waals surface area contributed by atoms with Gasteiger partial charge in [0, 0.05) is 17.5 Å². The predicted octanol–water partition coefficient (Wildman–Crippen LogP) is 4.58. The number of aliphatic hydroxyl groups is 1. The lowest BCUT2D eigenvalue weighted by Crippen LogP contribution is -2.42. The second kappa shape index (κ2) is 8.85. The number of nitrogens with zero attached hydrogens (tertiary/aromatic N) is 2. The molecule has 0 saturated heterocycles. The lowest BCUT2D eigenvalue weighted by atomic mass is 9.90. The summed E-state index contributed by atoms with van der Waals surface area (Å²) in [6.45, 7) is 1.70. The molecule has 34 heavy (non-hydrogen) atoms. The van der Waals surface area contributed by atoms with Crippen molar-refractivity contribution in [3.8, 4) is 0 Å². The molecule has 2 aromatic carbocycles. The highest BCUT2D eigenvalue weighted by atomic mass is 35.5. The molecule has 1 aliphatic carbocycles. The van der Waals surface area contributed by atoms with Crippen LogP contribution in [0, 0.1) is 12.7 Å². The van der Waals surface area contributed by atoms with Crippen molar-refractivity contribution in [2.24, 2.45) is 0 Å². The fourth-order valence-electron chi connectivity index (χ4n) is 4.94. The van der Waals surface area contributed by atoms with Crippen LogP contribution in [0.2, 0.25) is 5.02 Å². The van der Waals surface area contributed by atoms with E-state index in [1.54, 1.807) is 23.6 Å². The number of halogens is 2. The number of fused-ring (bicyclic) bond motifs is 3. The van der Waals surface area contributed by atoms with Gasteiger partial charge in [-0.25, -0.2) is 4.39 Å². The van der Waals surface area contributed by atoms with Gasteiger partial charge < -0.3 is 19.5 Å². The molecule has 1 amide bonds. The van der Waals surface area contributed by atoms with Gasteiger partial charge in [-0.05, 0) is 62.4 Å². The first-order chi connectivity index (χ1) is 16.3. The normalized spacial score (nSPS) is 19.4. The number of aromatic nitrogens is 2. The minimum Gasteiger partial charge on any atom is -0.378 e. The van der Waals surface area contributed by atoms with Crippen LogP contribution in [-0.2, 0) is 4.79 Å². The van der Waals surface area contributed by atoms with Gasteiger partial charge in [0.2, 0.25) is 0 Å². The van der Waals surface area contributed by atoms with Gasteiger partial charge in [-0.3, -0.25) is 9.59 Å². The number of pyridine rings is 1. The Labute approximate surface area is 199 Å². The van der Waals surface area contributed by atoms with Crippen LogP contribution in [-0.4, -0.2) is 26.8 Å². The highest BCUT2D eigenvalue weighted by Gasteiger charge is 2.30. The summed E-state index contributed by atoms with van der Waals surface area (Å²) in [5.74, 6) is -0.564. The summed E-state index contributed by atoms with van der Waals surface area (Å²) in [6, 6.07) is 10.1. The van der Waals surface area contributed by atoms with Crippen molar-refractivity contribution in [3.63, 3.8) is 0 Å². The molecule has 9 heteroatoms. The van der Waals surface area contributed by atoms with E-state index in [1.165, 1.54) is 24.3 Å². The molecule has 0 aliphatic heterocycles. The van der Waals surface area contributed by atoms with E-state index in [0.717, 1.165) is 19.3 Å². The van der Waals surface area contributed by atoms with E-state index in [0.29, 0.717) is 44.6 Å². The molecule has 0 bridgehead atoms. The van der Waals surface area contributed by atoms with Crippen LogP contribution < -0.4 is 10.9 Å². The zero-order chi connectivity index (χ0) is 24.0. The van der Waals surface area contributed by atoms with E-state index in [-0.39, 0.29) is 17.6 Å². The number of carbonyl (C=O) groups excluding carboxylic acids is 1. The SMILES string of the molecule is Cc1onc2c1c(=O)n([C@H]1CCC[C@@H](NC(=O)C(O)c3ccc(F)cc3)C1)c1cccc(Cl)c21. The monoisotopic (exact) mass is 483 g/mol. The van der Waals surface area contributed by atoms with E-state index >= 15 is 0 Å². The van der Waals surface area contributed by atoms with Crippen LogP contribution in [0.15, 0.2) is 51.8 Å². The summed E-state index contributed by atoms with van der Waals surface area (Å²) in [4.78, 5) is 26.2. The third-order valence-electron chi connectivity index (χ3n) is 6.58. The predicted molar refractivity (Wildman–Crippen MR) is 126 cm³/mol. The molecule has 2 aromatic heterocycles. The number of hydrogen-bond acceptors (Lipinski definition) is 5. The zero-order valence-electron chi connectivity index (χ0n) is 18.4. The van der Waals surface area contributed by atoms with E-state index in [1.807, 2.05) is 6.07 Å². The molecule has 4 aromatic rings. The van der Waals surface area contributed by atoms with Gasteiger partial charge in [0.15, 0.2) is 6.10 Å². The Morgan fingerprint density at radius 2 is 2.00 bits per heavy atom. The summed E-state index contributed by atoms with van der Waals surface area (Å²) >= 11 is 6.50. The van der Waals surface area contributed by atoms with Crippen molar-refractivity contribution >= 4 is 39.3 Å². The van der Waals surface area contributed by atoms with Crippen molar-refractivity contribution in [2.45, 2.75) is 50.8 Å². The van der Waals surface area contributed by atoms with Gasteiger partial charge in [-0.1, -0.05) is 35.0 Å². The Kier molecular flexibility index (Phi) is 5.87. The van der Waals surface area contributed by atoms with Crippen molar-refractivity contribution in [3.05, 3.63) is 75.0 Å². The van der Waals surface area contributed by atoms with Gasteiger partial charge in [-0.15, -0.1) is 0 Å². The molecule has 1 fully saturated rings. The minimum absolute atomic E-state index is 0.186. The summed E-state index contributed by atoms with van der Waals surface area (Å²) in [5, 5.41) is 18.9. The summed E-state index contributed by atoms with van der Waals surface area (Å²) < 4.78 is 20.2. The Bertz CT molecular complexity index is 1450. The molecule has 0 spiro atoms. The number of benzene rings is 2. The minimum atomic E-state index is -1.40. The molecule has 1 saturated carbocycles. The number of aryl methyl sites for hydroxylation is 1. The lowest BCUT2D eigenvalue weighted by molar-refractivity contribution is -0.130. The standard InChI is InChI=1S/C25H23ClFN3O4/c1-13-20-22(29-34-13)21-18(26)6-3-7-19(21)30(25(20)33)17-5-2-4-16(12-17)28-24(32)23(31)14-8-10-15(27)11-9-14/h3,6-11,16-17,23,31H,2,4-5,12H2,1H3,(H,28,32)/t16-,17+,23?/m1/s1. The highest BCUT2D eigenvalue weighted by molar-refractivity contribution is 6.37. The number of amides is 1. The molecular weight excluding hydrogens is 461 g/mol. The first-order valence-corrected chi connectivity index (χ1v) is 11.6. The third-order valence-corrected chi connectivity index (χ3v) is 6.89. The van der Waals surface area contributed by atoms with Gasteiger partial charge in [0.1, 0.15) is 22.5 Å². The van der Waals surface area contributed by atoms with E-state index in [2.05, 4.69) is 10.5 Å². The second-order valence-corrected chi connectivity index (χ2v) is 9.16. The molecule has 7 nitrogen and oxygen atoms in total. The van der Waals surface area contributed by atoms with Gasteiger partial charge in [0.05, 0.1) is 10.5 Å². The molecule has 3 atom stereocenters. The molecule has 2 N–H and O–H groups in total. The summed E-state index contributed by atoms with van der Waals surface area (Å²) in [7, 11) is 0. The average molecular weight is 484 g/mol. The van der Waals surface area contributed by atoms with Crippen LogP contribution in [0.25, 0.3) is 21.8 Å². The number of nitrogens with one attached hydrogen (secondary N) is 1. The van der Waals surface area contributed by atoms with Gasteiger partial charge >= 0.3 is 0 Å². The van der Waals surface area contributed by atoms with Crippen LogP contribution in [0.3, 0.4) is 0 Å². The summed E-state index contributed by atoms with van der Waals surface area (Å²) in [6.07, 6.45) is 1.38. The maximum absolute atomic E-state index is 13.5. The Hall–Kier alpha value is -3.23. The fraction of sp³-hybridized carbons (Fsp3) is 0.320. The Morgan fingerprint density at radius 3 is 2.76 bits per heavy atom. The number of aliphatic hydroxyl groups excluding tert-OH is 1. The Balaban J connectivity index is 1.46. The molecule has 1 unspecified atom stereocenters. The van der Waals surface area contributed by atoms with E-state index < -0.39 is 17.8 Å². The van der Waals surface area contributed by atoms with E-state index in [4.69, 9.17) is 16.1 Å². The summed E-state index contributed by atoms with van der Waals surface area (Å²) in [5.41, 5.74) is 1.23. The quantitative estimate of drug-likeness (QED) is 0.443. The molecule has 176 valence electrons. The van der Waals surface area contributed by atoms with Crippen LogP contribution in [0.5, 0.6) is 0 Å². The van der Waals surface area contributed by atoms with Crippen molar-refractivity contribution in [1.29, 1.82) is 0 Å². The number of rotatable bonds is 4. The van der Waals surface area contributed by atoms with Crippen molar-refractivity contribution in [2.75, 3.05) is 0 Å². The smallest absolute Gasteiger partial charge is 0.264 e. The zero-order valence-corrected chi connectivity index (χ0v) is 19.2. The molecular formula is C25H23ClFN3O4. The van der Waals surface area contributed by atoms with Crippen LogP contribution >= 0.6 is 11.6 Å². The average Bonchev–Trinajstić information content (AvgIpc) is 3.21. The largest absolute Gasteiger partial charge is 0.378 e. The first-order valence-electron chi connectivity index (χ1n) is 11.2. The van der Waals surface area contributed by atoms with Gasteiger partial charge in [-0.2, -0.15) is 0 Å². The van der Waals surface area contributed by atoms with Crippen LogP contribution in [0.4, 0.5) is 4.39 Å². The van der Waals surface area contributed by atoms with Gasteiger partial charge in [0.25, 0.3) is 11.5 Å². The maximum Gasteiger partial charge on any atom is 0.264 e.